The third-order valence-corrected chi connectivity index (χ3v) is 7.03. The largest absolute Gasteiger partial charge is 0.459 e. The third-order valence-electron chi connectivity index (χ3n) is 5.05. The van der Waals surface area contributed by atoms with Crippen LogP contribution >= 0.6 is 23.4 Å². The van der Waals surface area contributed by atoms with E-state index < -0.39 is 21.7 Å². The smallest absolute Gasteiger partial charge is 0.329 e. The minimum atomic E-state index is -1.11. The van der Waals surface area contributed by atoms with Gasteiger partial charge < -0.3 is 15.4 Å². The van der Waals surface area contributed by atoms with E-state index in [1.807, 2.05) is 0 Å². The molecule has 2 aliphatic rings. The van der Waals surface area contributed by atoms with Gasteiger partial charge in [-0.3, -0.25) is 19.7 Å². The van der Waals surface area contributed by atoms with Gasteiger partial charge in [0.25, 0.3) is 5.69 Å². The van der Waals surface area contributed by atoms with Crippen LogP contribution in [0.4, 0.5) is 5.69 Å². The summed E-state index contributed by atoms with van der Waals surface area (Å²) < 4.78 is 4.44. The maximum absolute atomic E-state index is 13.2. The summed E-state index contributed by atoms with van der Waals surface area (Å²) in [6, 6.07) is 12.0. The van der Waals surface area contributed by atoms with Crippen molar-refractivity contribution in [1.82, 2.24) is 4.90 Å². The van der Waals surface area contributed by atoms with E-state index in [-0.39, 0.29) is 30.1 Å². The van der Waals surface area contributed by atoms with E-state index in [1.165, 1.54) is 36.0 Å². The van der Waals surface area contributed by atoms with Crippen molar-refractivity contribution in [2.45, 2.75) is 22.8 Å². The van der Waals surface area contributed by atoms with Crippen LogP contribution in [0.3, 0.4) is 0 Å². The van der Waals surface area contributed by atoms with Crippen LogP contribution in [0.5, 0.6) is 0 Å². The molecule has 2 saturated heterocycles. The molecule has 10 heteroatoms. The average Bonchev–Trinajstić information content (AvgIpc) is 3.10. The maximum atomic E-state index is 13.2. The second-order valence-corrected chi connectivity index (χ2v) is 8.69. The van der Waals surface area contributed by atoms with E-state index in [2.05, 4.69) is 0 Å². The normalized spacial score (nSPS) is 25.3. The molecule has 0 spiro atoms. The second kappa shape index (κ2) is 7.33. The zero-order valence-electron chi connectivity index (χ0n) is 15.0. The van der Waals surface area contributed by atoms with Crippen LogP contribution in [-0.4, -0.2) is 39.7 Å². The summed E-state index contributed by atoms with van der Waals surface area (Å²) in [5, 5.41) is 11.0. The molecular weight excluding hydrogens is 418 g/mol. The van der Waals surface area contributed by atoms with Crippen LogP contribution in [0, 0.1) is 10.1 Å². The van der Waals surface area contributed by atoms with Crippen molar-refractivity contribution in [3.8, 4) is 0 Å². The number of nitro benzene ring substituents is 1. The molecule has 2 aliphatic heterocycles. The molecular formula is C19H16ClN3O5S. The van der Waals surface area contributed by atoms with Crippen LogP contribution in [0.15, 0.2) is 48.5 Å². The Balaban J connectivity index is 1.56. The molecule has 4 rings (SSSR count). The molecule has 0 unspecified atom stereocenters. The first-order valence-corrected chi connectivity index (χ1v) is 9.98. The molecule has 8 nitrogen and oxygen atoms in total. The number of non-ortho nitro benzene ring substituents is 1. The summed E-state index contributed by atoms with van der Waals surface area (Å²) in [7, 11) is 0. The van der Waals surface area contributed by atoms with E-state index in [9.17, 15) is 19.7 Å². The summed E-state index contributed by atoms with van der Waals surface area (Å²) in [6.45, 7) is 0.118. The number of carbonyl (C=O) groups is 2. The number of hydrogen-bond acceptors (Lipinski definition) is 7. The number of β-lactam (4-membered cyclic amide) rings is 1. The molecule has 0 aromatic heterocycles. The number of ether oxygens (including phenoxy) is 1. The van der Waals surface area contributed by atoms with Gasteiger partial charge in [-0.2, -0.15) is 0 Å². The molecule has 2 N–H and O–H groups in total. The molecule has 2 aromatic rings. The van der Waals surface area contributed by atoms with Gasteiger partial charge in [0.2, 0.25) is 5.91 Å². The van der Waals surface area contributed by atoms with Crippen LogP contribution in [0.25, 0.3) is 0 Å². The number of nitrogens with zero attached hydrogens (tertiary/aromatic N) is 2. The Morgan fingerprint density at radius 1 is 1.28 bits per heavy atom. The SMILES string of the molecule is N[C@@H]1C(=O)N2C[C@@](C(=O)OCc3ccc([N+](=O)[O-])cc3)(c3ccc(Cl)cc3)S[C@H]12. The van der Waals surface area contributed by atoms with E-state index in [0.29, 0.717) is 16.1 Å². The lowest BCUT2D eigenvalue weighted by Crippen LogP contribution is -2.64. The van der Waals surface area contributed by atoms with Gasteiger partial charge in [0.1, 0.15) is 18.0 Å². The van der Waals surface area contributed by atoms with Gasteiger partial charge in [-0.1, -0.05) is 23.7 Å². The molecule has 1 amide bonds. The highest BCUT2D eigenvalue weighted by molar-refractivity contribution is 8.02. The minimum Gasteiger partial charge on any atom is -0.459 e. The lowest BCUT2D eigenvalue weighted by atomic mass is 9.95. The van der Waals surface area contributed by atoms with Gasteiger partial charge in [-0.05, 0) is 35.4 Å². The molecule has 29 heavy (non-hydrogen) atoms. The van der Waals surface area contributed by atoms with Crippen LogP contribution in [0.1, 0.15) is 11.1 Å². The molecule has 0 saturated carbocycles. The van der Waals surface area contributed by atoms with Gasteiger partial charge >= 0.3 is 5.97 Å². The van der Waals surface area contributed by atoms with Gasteiger partial charge in [0.15, 0.2) is 4.75 Å². The highest BCUT2D eigenvalue weighted by Crippen LogP contribution is 2.52. The monoisotopic (exact) mass is 433 g/mol. The Labute approximate surface area is 175 Å². The average molecular weight is 434 g/mol. The van der Waals surface area contributed by atoms with Crippen LogP contribution in [0.2, 0.25) is 5.02 Å². The summed E-state index contributed by atoms with van der Waals surface area (Å²) in [6.07, 6.45) is 0. The molecule has 150 valence electrons. The fourth-order valence-electron chi connectivity index (χ4n) is 3.43. The number of rotatable bonds is 5. The third kappa shape index (κ3) is 3.35. The van der Waals surface area contributed by atoms with Crippen molar-refractivity contribution in [3.63, 3.8) is 0 Å². The number of carbonyl (C=O) groups excluding carboxylic acids is 2. The van der Waals surface area contributed by atoms with Crippen molar-refractivity contribution < 1.29 is 19.2 Å². The first-order valence-electron chi connectivity index (χ1n) is 8.72. The molecule has 0 bridgehead atoms. The predicted molar refractivity (Wildman–Crippen MR) is 107 cm³/mol. The molecule has 0 radical (unpaired) electrons. The number of amides is 1. The number of esters is 1. The number of hydrogen-bond donors (Lipinski definition) is 1. The van der Waals surface area contributed by atoms with E-state index in [4.69, 9.17) is 22.1 Å². The maximum Gasteiger partial charge on any atom is 0.329 e. The van der Waals surface area contributed by atoms with Gasteiger partial charge in [-0.25, -0.2) is 0 Å². The van der Waals surface area contributed by atoms with E-state index in [1.54, 1.807) is 29.2 Å². The molecule has 2 fully saturated rings. The number of nitro groups is 1. The topological polar surface area (TPSA) is 116 Å². The predicted octanol–water partition coefficient (Wildman–Crippen LogP) is 2.43. The second-order valence-electron chi connectivity index (χ2n) is 6.83. The minimum absolute atomic E-state index is 0.0408. The Morgan fingerprint density at radius 3 is 2.52 bits per heavy atom. The number of benzene rings is 2. The number of fused-ring (bicyclic) bond motifs is 1. The summed E-state index contributed by atoms with van der Waals surface area (Å²) in [5.74, 6) is -0.695. The van der Waals surface area contributed by atoms with Crippen molar-refractivity contribution in [3.05, 3.63) is 74.8 Å². The van der Waals surface area contributed by atoms with Crippen molar-refractivity contribution in [2.75, 3.05) is 6.54 Å². The number of thioether (sulfide) groups is 1. The highest BCUT2D eigenvalue weighted by atomic mass is 35.5. The lowest BCUT2D eigenvalue weighted by molar-refractivity contribution is -0.384. The van der Waals surface area contributed by atoms with Crippen molar-refractivity contribution in [2.24, 2.45) is 5.73 Å². The zero-order chi connectivity index (χ0) is 20.8. The van der Waals surface area contributed by atoms with Crippen LogP contribution < -0.4 is 5.73 Å². The summed E-state index contributed by atoms with van der Waals surface area (Å²) in [5.41, 5.74) is 7.15. The first kappa shape index (κ1) is 19.7. The quantitative estimate of drug-likeness (QED) is 0.333. The Morgan fingerprint density at radius 2 is 1.93 bits per heavy atom. The van der Waals surface area contributed by atoms with E-state index >= 15 is 0 Å². The highest BCUT2D eigenvalue weighted by Gasteiger charge is 2.61. The Bertz CT molecular complexity index is 984. The van der Waals surface area contributed by atoms with Crippen molar-refractivity contribution >= 4 is 40.9 Å². The van der Waals surface area contributed by atoms with Gasteiger partial charge in [0, 0.05) is 17.2 Å². The number of halogens is 1. The molecule has 3 atom stereocenters. The van der Waals surface area contributed by atoms with Gasteiger partial charge in [0.05, 0.1) is 11.5 Å². The van der Waals surface area contributed by atoms with Gasteiger partial charge in [-0.15, -0.1) is 11.8 Å². The Hall–Kier alpha value is -2.62. The molecule has 2 aromatic carbocycles. The van der Waals surface area contributed by atoms with Crippen molar-refractivity contribution in [1.29, 1.82) is 0 Å². The fourth-order valence-corrected chi connectivity index (χ4v) is 5.17. The zero-order valence-corrected chi connectivity index (χ0v) is 16.6. The number of nitrogens with two attached hydrogens (primary N) is 1. The fraction of sp³-hybridized carbons (Fsp3) is 0.263. The first-order chi connectivity index (χ1) is 13.8. The summed E-state index contributed by atoms with van der Waals surface area (Å²) >= 11 is 7.28. The van der Waals surface area contributed by atoms with E-state index in [0.717, 1.165) is 0 Å². The standard InChI is InChI=1S/C19H16ClN3O5S/c20-13-5-3-12(4-6-13)19(10-22-16(24)15(21)17(22)29-19)18(25)28-9-11-1-7-14(8-2-11)23(26)27/h1-8,15,17H,9-10,21H2/t15-,17-,19+/m1/s1. The summed E-state index contributed by atoms with van der Waals surface area (Å²) in [4.78, 5) is 37.1. The van der Waals surface area contributed by atoms with Crippen LogP contribution in [-0.2, 0) is 25.7 Å². The molecule has 2 heterocycles. The lowest BCUT2D eigenvalue weighted by Gasteiger charge is -2.38. The molecule has 0 aliphatic carbocycles. The Kier molecular flexibility index (Phi) is 4.97.